The first-order valence-corrected chi connectivity index (χ1v) is 7.09. The molecule has 1 N–H and O–H groups in total. The molecule has 19 heavy (non-hydrogen) atoms. The van der Waals surface area contributed by atoms with E-state index in [9.17, 15) is 10.1 Å². The largest absolute Gasteiger partial charge is 0.312 e. The van der Waals surface area contributed by atoms with Crippen LogP contribution < -0.4 is 5.32 Å². The van der Waals surface area contributed by atoms with E-state index in [0.29, 0.717) is 0 Å². The van der Waals surface area contributed by atoms with E-state index >= 15 is 0 Å². The molecule has 0 aromatic heterocycles. The minimum Gasteiger partial charge on any atom is -0.312 e. The summed E-state index contributed by atoms with van der Waals surface area (Å²) in [5, 5.41) is 14.0. The van der Waals surface area contributed by atoms with Crippen LogP contribution in [-0.4, -0.2) is 11.5 Å². The van der Waals surface area contributed by atoms with E-state index in [4.69, 9.17) is 0 Å². The zero-order valence-electron chi connectivity index (χ0n) is 11.5. The fourth-order valence-corrected chi connectivity index (χ4v) is 2.69. The highest BCUT2D eigenvalue weighted by Gasteiger charge is 2.17. The number of nitrogens with zero attached hydrogens (tertiary/aromatic N) is 1. The first-order valence-electron chi connectivity index (χ1n) is 7.09. The fourth-order valence-electron chi connectivity index (χ4n) is 2.69. The molecule has 0 unspecified atom stereocenters. The van der Waals surface area contributed by atoms with Crippen LogP contribution in [0.5, 0.6) is 0 Å². The monoisotopic (exact) mass is 262 g/mol. The van der Waals surface area contributed by atoms with Crippen molar-refractivity contribution >= 4 is 5.69 Å². The van der Waals surface area contributed by atoms with Gasteiger partial charge in [-0.15, -0.1) is 0 Å². The first kappa shape index (κ1) is 14.0. The summed E-state index contributed by atoms with van der Waals surface area (Å²) in [5.74, 6) is 1.69. The maximum absolute atomic E-state index is 10.5. The number of benzene rings is 1. The number of non-ortho nitro benzene ring substituents is 1. The molecule has 1 aromatic carbocycles. The zero-order valence-corrected chi connectivity index (χ0v) is 11.5. The second-order valence-corrected chi connectivity index (χ2v) is 5.68. The summed E-state index contributed by atoms with van der Waals surface area (Å²) in [4.78, 5) is 10.2. The molecule has 0 radical (unpaired) electrons. The van der Waals surface area contributed by atoms with Gasteiger partial charge >= 0.3 is 0 Å². The van der Waals surface area contributed by atoms with Crippen LogP contribution in [0.1, 0.15) is 38.2 Å². The first-order chi connectivity index (χ1) is 9.15. The summed E-state index contributed by atoms with van der Waals surface area (Å²) in [7, 11) is 0. The third-order valence-electron chi connectivity index (χ3n) is 4.04. The van der Waals surface area contributed by atoms with Gasteiger partial charge < -0.3 is 5.32 Å². The van der Waals surface area contributed by atoms with Crippen LogP contribution in [-0.2, 0) is 6.54 Å². The van der Waals surface area contributed by atoms with Crippen molar-refractivity contribution in [2.24, 2.45) is 11.8 Å². The summed E-state index contributed by atoms with van der Waals surface area (Å²) in [6.07, 6.45) is 5.36. The van der Waals surface area contributed by atoms with Gasteiger partial charge in [-0.2, -0.15) is 0 Å². The van der Waals surface area contributed by atoms with Crippen molar-refractivity contribution in [1.82, 2.24) is 5.32 Å². The van der Waals surface area contributed by atoms with Crippen molar-refractivity contribution in [2.45, 2.75) is 39.2 Å². The molecular formula is C15H22N2O2. The smallest absolute Gasteiger partial charge is 0.269 e. The Hall–Kier alpha value is -1.42. The van der Waals surface area contributed by atoms with Crippen molar-refractivity contribution in [3.63, 3.8) is 0 Å². The van der Waals surface area contributed by atoms with E-state index < -0.39 is 0 Å². The molecular weight excluding hydrogens is 240 g/mol. The molecule has 104 valence electrons. The SMILES string of the molecule is CC1CCC(CNCc2ccc([N+](=O)[O-])cc2)CC1. The van der Waals surface area contributed by atoms with Gasteiger partial charge in [-0.25, -0.2) is 0 Å². The van der Waals surface area contributed by atoms with Gasteiger partial charge in [-0.1, -0.05) is 31.9 Å². The Morgan fingerprint density at radius 1 is 1.21 bits per heavy atom. The molecule has 1 aromatic rings. The average Bonchev–Trinajstić information content (AvgIpc) is 2.41. The molecule has 4 nitrogen and oxygen atoms in total. The van der Waals surface area contributed by atoms with E-state index in [1.54, 1.807) is 12.1 Å². The zero-order chi connectivity index (χ0) is 13.7. The third kappa shape index (κ3) is 4.31. The fraction of sp³-hybridized carbons (Fsp3) is 0.600. The summed E-state index contributed by atoms with van der Waals surface area (Å²) in [5.41, 5.74) is 1.26. The van der Waals surface area contributed by atoms with E-state index in [1.165, 1.54) is 25.7 Å². The molecule has 1 fully saturated rings. The molecule has 0 amide bonds. The molecule has 0 atom stereocenters. The van der Waals surface area contributed by atoms with Gasteiger partial charge in [0.1, 0.15) is 0 Å². The van der Waals surface area contributed by atoms with Gasteiger partial charge in [0.25, 0.3) is 5.69 Å². The lowest BCUT2D eigenvalue weighted by Gasteiger charge is -2.26. The molecule has 1 saturated carbocycles. The molecule has 0 bridgehead atoms. The summed E-state index contributed by atoms with van der Waals surface area (Å²) < 4.78 is 0. The minimum absolute atomic E-state index is 0.157. The molecule has 0 heterocycles. The Morgan fingerprint density at radius 3 is 2.42 bits per heavy atom. The minimum atomic E-state index is -0.361. The van der Waals surface area contributed by atoms with Gasteiger partial charge in [-0.3, -0.25) is 10.1 Å². The molecule has 1 aliphatic rings. The third-order valence-corrected chi connectivity index (χ3v) is 4.04. The number of hydrogen-bond acceptors (Lipinski definition) is 3. The second kappa shape index (κ2) is 6.66. The van der Waals surface area contributed by atoms with Crippen LogP contribution in [0.2, 0.25) is 0 Å². The van der Waals surface area contributed by atoms with Gasteiger partial charge in [-0.05, 0) is 36.8 Å². The van der Waals surface area contributed by atoms with E-state index in [0.717, 1.165) is 30.5 Å². The Bertz CT molecular complexity index is 409. The molecule has 0 aliphatic heterocycles. The Kier molecular flexibility index (Phi) is 4.91. The quantitative estimate of drug-likeness (QED) is 0.652. The van der Waals surface area contributed by atoms with Crippen molar-refractivity contribution < 1.29 is 4.92 Å². The highest BCUT2D eigenvalue weighted by molar-refractivity contribution is 5.32. The molecule has 0 saturated heterocycles. The maximum atomic E-state index is 10.5. The van der Waals surface area contributed by atoms with Crippen LogP contribution >= 0.6 is 0 Å². The molecule has 1 aliphatic carbocycles. The van der Waals surface area contributed by atoms with Gasteiger partial charge in [0.2, 0.25) is 0 Å². The van der Waals surface area contributed by atoms with Crippen LogP contribution in [0, 0.1) is 22.0 Å². The number of hydrogen-bond donors (Lipinski definition) is 1. The van der Waals surface area contributed by atoms with Gasteiger partial charge in [0.05, 0.1) is 4.92 Å². The highest BCUT2D eigenvalue weighted by atomic mass is 16.6. The van der Waals surface area contributed by atoms with Crippen LogP contribution in [0.15, 0.2) is 24.3 Å². The van der Waals surface area contributed by atoms with Crippen molar-refractivity contribution in [2.75, 3.05) is 6.54 Å². The molecule has 4 heteroatoms. The lowest BCUT2D eigenvalue weighted by atomic mass is 9.83. The van der Waals surface area contributed by atoms with E-state index in [-0.39, 0.29) is 10.6 Å². The summed E-state index contributed by atoms with van der Waals surface area (Å²) in [6.45, 7) is 4.19. The molecule has 0 spiro atoms. The Balaban J connectivity index is 1.72. The Morgan fingerprint density at radius 2 is 1.84 bits per heavy atom. The van der Waals surface area contributed by atoms with Gasteiger partial charge in [0, 0.05) is 18.7 Å². The predicted octanol–water partition coefficient (Wildman–Crippen LogP) is 3.51. The van der Waals surface area contributed by atoms with Crippen LogP contribution in [0.4, 0.5) is 5.69 Å². The van der Waals surface area contributed by atoms with Crippen molar-refractivity contribution in [1.29, 1.82) is 0 Å². The standard InChI is InChI=1S/C15H22N2O2/c1-12-2-4-13(5-3-12)10-16-11-14-6-8-15(9-7-14)17(18)19/h6-9,12-13,16H,2-5,10-11H2,1H3. The Labute approximate surface area is 114 Å². The average molecular weight is 262 g/mol. The van der Waals surface area contributed by atoms with E-state index in [1.807, 2.05) is 12.1 Å². The summed E-state index contributed by atoms with van der Waals surface area (Å²) in [6, 6.07) is 6.79. The number of nitro groups is 1. The number of nitrogens with one attached hydrogen (secondary N) is 1. The highest BCUT2D eigenvalue weighted by Crippen LogP contribution is 2.27. The predicted molar refractivity (Wildman–Crippen MR) is 75.9 cm³/mol. The van der Waals surface area contributed by atoms with Gasteiger partial charge in [0.15, 0.2) is 0 Å². The maximum Gasteiger partial charge on any atom is 0.269 e. The number of nitro benzene ring substituents is 1. The summed E-state index contributed by atoms with van der Waals surface area (Å²) >= 11 is 0. The van der Waals surface area contributed by atoms with Crippen molar-refractivity contribution in [3.8, 4) is 0 Å². The van der Waals surface area contributed by atoms with Crippen molar-refractivity contribution in [3.05, 3.63) is 39.9 Å². The normalized spacial score (nSPS) is 23.2. The second-order valence-electron chi connectivity index (χ2n) is 5.68. The lowest BCUT2D eigenvalue weighted by molar-refractivity contribution is -0.384. The van der Waals surface area contributed by atoms with E-state index in [2.05, 4.69) is 12.2 Å². The number of rotatable bonds is 5. The topological polar surface area (TPSA) is 55.2 Å². The lowest BCUT2D eigenvalue weighted by Crippen LogP contribution is -2.25. The molecule has 2 rings (SSSR count). The van der Waals surface area contributed by atoms with Crippen LogP contribution in [0.25, 0.3) is 0 Å². The van der Waals surface area contributed by atoms with Crippen LogP contribution in [0.3, 0.4) is 0 Å².